The number of benzene rings is 1. The van der Waals surface area contributed by atoms with Gasteiger partial charge in [0.05, 0.1) is 19.3 Å². The highest BCUT2D eigenvalue weighted by atomic mass is 16.5. The van der Waals surface area contributed by atoms with Gasteiger partial charge < -0.3 is 10.1 Å². The Kier molecular flexibility index (Phi) is 4.74. The fourth-order valence-electron chi connectivity index (χ4n) is 2.40. The molecule has 0 amide bonds. The van der Waals surface area contributed by atoms with Gasteiger partial charge in [-0.15, -0.1) is 0 Å². The number of hydrogen-bond acceptors (Lipinski definition) is 3. The summed E-state index contributed by atoms with van der Waals surface area (Å²) in [5.41, 5.74) is 5.05. The van der Waals surface area contributed by atoms with E-state index in [1.807, 2.05) is 12.3 Å². The van der Waals surface area contributed by atoms with E-state index in [0.717, 1.165) is 17.9 Å². The average Bonchev–Trinajstić information content (AvgIpc) is 2.48. The first-order chi connectivity index (χ1) is 9.67. The van der Waals surface area contributed by atoms with Crippen molar-refractivity contribution in [3.05, 3.63) is 58.9 Å². The summed E-state index contributed by atoms with van der Waals surface area (Å²) in [5.74, 6) is 0.788. The van der Waals surface area contributed by atoms with Crippen LogP contribution in [0.2, 0.25) is 0 Å². The van der Waals surface area contributed by atoms with E-state index < -0.39 is 0 Å². The Morgan fingerprint density at radius 3 is 2.75 bits per heavy atom. The molecule has 1 unspecified atom stereocenters. The molecular formula is C17H22N2O. The molecule has 2 aromatic rings. The molecule has 0 spiro atoms. The molecule has 1 N–H and O–H groups in total. The number of hydrogen-bond donors (Lipinski definition) is 1. The summed E-state index contributed by atoms with van der Waals surface area (Å²) in [7, 11) is 1.67. The molecule has 0 aliphatic rings. The fraction of sp³-hybridized carbons (Fsp3) is 0.353. The number of ether oxygens (including phenoxy) is 1. The van der Waals surface area contributed by atoms with E-state index in [9.17, 15) is 0 Å². The monoisotopic (exact) mass is 270 g/mol. The van der Waals surface area contributed by atoms with E-state index in [1.165, 1.54) is 16.7 Å². The van der Waals surface area contributed by atoms with Crippen LogP contribution in [0.5, 0.6) is 5.75 Å². The van der Waals surface area contributed by atoms with Crippen LogP contribution < -0.4 is 10.1 Å². The lowest BCUT2D eigenvalue weighted by molar-refractivity contribution is 0.411. The summed E-state index contributed by atoms with van der Waals surface area (Å²) in [6.45, 7) is 7.33. The van der Waals surface area contributed by atoms with E-state index in [-0.39, 0.29) is 6.04 Å². The van der Waals surface area contributed by atoms with Crippen molar-refractivity contribution in [2.24, 2.45) is 0 Å². The topological polar surface area (TPSA) is 34.2 Å². The molecule has 2 rings (SSSR count). The van der Waals surface area contributed by atoms with E-state index in [1.54, 1.807) is 13.3 Å². The molecule has 106 valence electrons. The van der Waals surface area contributed by atoms with Gasteiger partial charge in [0.15, 0.2) is 0 Å². The summed E-state index contributed by atoms with van der Waals surface area (Å²) in [6, 6.07) is 8.61. The number of methoxy groups -OCH3 is 1. The van der Waals surface area contributed by atoms with Gasteiger partial charge in [0.1, 0.15) is 5.75 Å². The largest absolute Gasteiger partial charge is 0.495 e. The van der Waals surface area contributed by atoms with Crippen molar-refractivity contribution in [2.75, 3.05) is 13.7 Å². The molecule has 0 radical (unpaired) electrons. The first-order valence-corrected chi connectivity index (χ1v) is 6.95. The maximum absolute atomic E-state index is 5.28. The number of nitrogens with zero attached hydrogens (tertiary/aromatic N) is 1. The zero-order valence-corrected chi connectivity index (χ0v) is 12.6. The zero-order valence-electron chi connectivity index (χ0n) is 12.6. The Bertz CT molecular complexity index is 581. The Labute approximate surface area is 121 Å². The van der Waals surface area contributed by atoms with Gasteiger partial charge in [0.25, 0.3) is 0 Å². The molecule has 0 aliphatic heterocycles. The third-order valence-electron chi connectivity index (χ3n) is 3.67. The van der Waals surface area contributed by atoms with Gasteiger partial charge in [-0.2, -0.15) is 0 Å². The maximum atomic E-state index is 5.28. The lowest BCUT2D eigenvalue weighted by Gasteiger charge is -2.22. The van der Waals surface area contributed by atoms with E-state index in [2.05, 4.69) is 49.3 Å². The van der Waals surface area contributed by atoms with Crippen molar-refractivity contribution in [1.29, 1.82) is 0 Å². The van der Waals surface area contributed by atoms with Crippen molar-refractivity contribution >= 4 is 0 Å². The molecule has 3 nitrogen and oxygen atoms in total. The predicted octanol–water partition coefficient (Wildman–Crippen LogP) is 3.41. The lowest BCUT2D eigenvalue weighted by Crippen LogP contribution is -2.23. The third kappa shape index (κ3) is 2.99. The van der Waals surface area contributed by atoms with Gasteiger partial charge in [-0.05, 0) is 48.7 Å². The molecule has 1 heterocycles. The molecule has 0 aliphatic carbocycles. The van der Waals surface area contributed by atoms with Gasteiger partial charge in [-0.25, -0.2) is 0 Å². The van der Waals surface area contributed by atoms with Crippen LogP contribution in [0.15, 0.2) is 36.7 Å². The quantitative estimate of drug-likeness (QED) is 0.904. The first kappa shape index (κ1) is 14.5. The van der Waals surface area contributed by atoms with Crippen LogP contribution in [0.4, 0.5) is 0 Å². The number of pyridine rings is 1. The maximum Gasteiger partial charge on any atom is 0.137 e. The van der Waals surface area contributed by atoms with Crippen LogP contribution in [0.1, 0.15) is 35.2 Å². The number of aryl methyl sites for hydroxylation is 1. The molecule has 0 fully saturated rings. The second kappa shape index (κ2) is 6.53. The van der Waals surface area contributed by atoms with Crippen molar-refractivity contribution < 1.29 is 4.74 Å². The minimum atomic E-state index is 0.141. The fourth-order valence-corrected chi connectivity index (χ4v) is 2.40. The molecule has 0 saturated heterocycles. The average molecular weight is 270 g/mol. The smallest absolute Gasteiger partial charge is 0.137 e. The van der Waals surface area contributed by atoms with Gasteiger partial charge in [0, 0.05) is 6.20 Å². The molecule has 1 aromatic heterocycles. The Balaban J connectivity index is 2.47. The number of aromatic nitrogens is 1. The Hall–Kier alpha value is -1.87. The van der Waals surface area contributed by atoms with Gasteiger partial charge in [-0.1, -0.05) is 25.1 Å². The summed E-state index contributed by atoms with van der Waals surface area (Å²) >= 11 is 0. The molecular weight excluding hydrogens is 248 g/mol. The highest BCUT2D eigenvalue weighted by Gasteiger charge is 2.16. The van der Waals surface area contributed by atoms with Crippen LogP contribution in [-0.2, 0) is 0 Å². The standard InChI is InChI=1S/C17H22N2O/c1-5-19-17(14-9-15(20-4)11-18-10-14)16-8-6-7-12(2)13(16)3/h6-11,17,19H,5H2,1-4H3. The second-order valence-corrected chi connectivity index (χ2v) is 4.94. The van der Waals surface area contributed by atoms with Crippen molar-refractivity contribution in [2.45, 2.75) is 26.8 Å². The van der Waals surface area contributed by atoms with Crippen molar-refractivity contribution in [1.82, 2.24) is 10.3 Å². The molecule has 0 saturated carbocycles. The van der Waals surface area contributed by atoms with Crippen LogP contribution in [0.25, 0.3) is 0 Å². The minimum absolute atomic E-state index is 0.141. The highest BCUT2D eigenvalue weighted by Crippen LogP contribution is 2.27. The van der Waals surface area contributed by atoms with E-state index in [0.29, 0.717) is 0 Å². The SMILES string of the molecule is CCNC(c1cncc(OC)c1)c1cccc(C)c1C. The zero-order chi connectivity index (χ0) is 14.5. The van der Waals surface area contributed by atoms with E-state index >= 15 is 0 Å². The van der Waals surface area contributed by atoms with Gasteiger partial charge in [0.2, 0.25) is 0 Å². The predicted molar refractivity (Wildman–Crippen MR) is 82.2 cm³/mol. The second-order valence-electron chi connectivity index (χ2n) is 4.94. The van der Waals surface area contributed by atoms with Gasteiger partial charge in [-0.3, -0.25) is 4.98 Å². The summed E-state index contributed by atoms with van der Waals surface area (Å²) in [5, 5.41) is 3.54. The Morgan fingerprint density at radius 2 is 2.05 bits per heavy atom. The van der Waals surface area contributed by atoms with Crippen LogP contribution in [-0.4, -0.2) is 18.6 Å². The van der Waals surface area contributed by atoms with Crippen molar-refractivity contribution in [3.8, 4) is 5.75 Å². The Morgan fingerprint density at radius 1 is 1.25 bits per heavy atom. The molecule has 1 atom stereocenters. The summed E-state index contributed by atoms with van der Waals surface area (Å²) in [6.07, 6.45) is 3.63. The van der Waals surface area contributed by atoms with Crippen molar-refractivity contribution in [3.63, 3.8) is 0 Å². The molecule has 0 bridgehead atoms. The normalized spacial score (nSPS) is 12.2. The summed E-state index contributed by atoms with van der Waals surface area (Å²) in [4.78, 5) is 4.27. The van der Waals surface area contributed by atoms with Gasteiger partial charge >= 0.3 is 0 Å². The number of rotatable bonds is 5. The molecule has 20 heavy (non-hydrogen) atoms. The number of nitrogens with one attached hydrogen (secondary N) is 1. The molecule has 1 aromatic carbocycles. The summed E-state index contributed by atoms with van der Waals surface area (Å²) < 4.78 is 5.28. The van der Waals surface area contributed by atoms with Crippen LogP contribution in [0, 0.1) is 13.8 Å². The van der Waals surface area contributed by atoms with Crippen LogP contribution in [0.3, 0.4) is 0 Å². The first-order valence-electron chi connectivity index (χ1n) is 6.95. The van der Waals surface area contributed by atoms with Crippen LogP contribution >= 0.6 is 0 Å². The highest BCUT2D eigenvalue weighted by molar-refractivity contribution is 5.41. The van der Waals surface area contributed by atoms with E-state index in [4.69, 9.17) is 4.74 Å². The molecule has 3 heteroatoms. The lowest BCUT2D eigenvalue weighted by atomic mass is 9.93. The minimum Gasteiger partial charge on any atom is -0.495 e. The third-order valence-corrected chi connectivity index (χ3v) is 3.67.